The van der Waals surface area contributed by atoms with E-state index in [9.17, 15) is 19.5 Å². The van der Waals surface area contributed by atoms with Crippen molar-refractivity contribution in [2.45, 2.75) is 63.3 Å². The van der Waals surface area contributed by atoms with Crippen molar-refractivity contribution in [2.75, 3.05) is 19.6 Å². The molecule has 4 amide bonds. The minimum atomic E-state index is -0.935. The largest absolute Gasteiger partial charge is 0.391 e. The maximum absolute atomic E-state index is 12.4. The van der Waals surface area contributed by atoms with E-state index in [-0.39, 0.29) is 30.4 Å². The summed E-state index contributed by atoms with van der Waals surface area (Å²) in [5.41, 5.74) is 0. The fourth-order valence-electron chi connectivity index (χ4n) is 3.79. The van der Waals surface area contributed by atoms with Crippen LogP contribution in [0.5, 0.6) is 0 Å². The van der Waals surface area contributed by atoms with E-state index in [0.717, 1.165) is 25.7 Å². The standard InChI is InChI=1S/C16H26N4O4/c1-10(21)13-15(23)20-8-7-19(9-12(20)14(22)18-13)16(24)17-11-5-3-2-4-6-11/h10-13,21H,2-9H2,1H3,(H,17,24)(H,18,22)/t10-,12-,13+/m1/s1. The number of hydrogen-bond donors (Lipinski definition) is 3. The zero-order valence-electron chi connectivity index (χ0n) is 14.0. The van der Waals surface area contributed by atoms with Gasteiger partial charge in [0.05, 0.1) is 12.6 Å². The van der Waals surface area contributed by atoms with Crippen LogP contribution in [0.1, 0.15) is 39.0 Å². The van der Waals surface area contributed by atoms with E-state index in [0.29, 0.717) is 13.1 Å². The number of piperazine rings is 2. The van der Waals surface area contributed by atoms with Crippen LogP contribution in [0.15, 0.2) is 0 Å². The SMILES string of the molecule is C[C@@H](O)[C@@H]1NC(=O)[C@H]2CN(C(=O)NC3CCCCC3)CCN2C1=O. The molecule has 0 aromatic carbocycles. The van der Waals surface area contributed by atoms with E-state index in [4.69, 9.17) is 0 Å². The second-order valence-corrected chi connectivity index (χ2v) is 7.00. The summed E-state index contributed by atoms with van der Waals surface area (Å²) in [7, 11) is 0. The number of nitrogens with one attached hydrogen (secondary N) is 2. The first-order valence-electron chi connectivity index (χ1n) is 8.81. The molecule has 134 valence electrons. The second-order valence-electron chi connectivity index (χ2n) is 7.00. The molecule has 0 unspecified atom stereocenters. The highest BCUT2D eigenvalue weighted by molar-refractivity contribution is 5.98. The second kappa shape index (κ2) is 6.96. The minimum absolute atomic E-state index is 0.153. The Labute approximate surface area is 141 Å². The number of carbonyl (C=O) groups is 3. The minimum Gasteiger partial charge on any atom is -0.391 e. The highest BCUT2D eigenvalue weighted by Crippen LogP contribution is 2.20. The fourth-order valence-corrected chi connectivity index (χ4v) is 3.79. The third-order valence-corrected chi connectivity index (χ3v) is 5.23. The van der Waals surface area contributed by atoms with E-state index in [2.05, 4.69) is 10.6 Å². The van der Waals surface area contributed by atoms with Gasteiger partial charge in [-0.05, 0) is 19.8 Å². The molecule has 8 heteroatoms. The van der Waals surface area contributed by atoms with Crippen molar-refractivity contribution in [3.05, 3.63) is 0 Å². The number of urea groups is 1. The molecule has 3 rings (SSSR count). The van der Waals surface area contributed by atoms with Crippen molar-refractivity contribution in [1.82, 2.24) is 20.4 Å². The molecule has 0 aromatic rings. The number of fused-ring (bicyclic) bond motifs is 1. The van der Waals surface area contributed by atoms with E-state index < -0.39 is 18.2 Å². The molecule has 1 aliphatic carbocycles. The van der Waals surface area contributed by atoms with Gasteiger partial charge in [-0.1, -0.05) is 19.3 Å². The van der Waals surface area contributed by atoms with Crippen molar-refractivity contribution < 1.29 is 19.5 Å². The Morgan fingerprint density at radius 3 is 2.62 bits per heavy atom. The molecule has 1 saturated carbocycles. The lowest BCUT2D eigenvalue weighted by molar-refractivity contribution is -0.155. The lowest BCUT2D eigenvalue weighted by atomic mass is 9.95. The van der Waals surface area contributed by atoms with Crippen LogP contribution < -0.4 is 10.6 Å². The van der Waals surface area contributed by atoms with Gasteiger partial charge in [-0.3, -0.25) is 9.59 Å². The number of carbonyl (C=O) groups excluding carboxylic acids is 3. The third kappa shape index (κ3) is 3.33. The van der Waals surface area contributed by atoms with Crippen LogP contribution in [0.2, 0.25) is 0 Å². The summed E-state index contributed by atoms with van der Waals surface area (Å²) in [5, 5.41) is 15.3. The molecule has 3 aliphatic rings. The first-order chi connectivity index (χ1) is 11.5. The normalized spacial score (nSPS) is 29.8. The van der Waals surface area contributed by atoms with Gasteiger partial charge in [-0.25, -0.2) is 4.79 Å². The molecule has 0 bridgehead atoms. The Hall–Kier alpha value is -1.83. The van der Waals surface area contributed by atoms with Gasteiger partial charge < -0.3 is 25.5 Å². The van der Waals surface area contributed by atoms with Gasteiger partial charge in [-0.15, -0.1) is 0 Å². The summed E-state index contributed by atoms with van der Waals surface area (Å²) in [5.74, 6) is -0.586. The van der Waals surface area contributed by atoms with Crippen LogP contribution >= 0.6 is 0 Å². The summed E-state index contributed by atoms with van der Waals surface area (Å²) >= 11 is 0. The van der Waals surface area contributed by atoms with Crippen LogP contribution in [0.3, 0.4) is 0 Å². The molecular weight excluding hydrogens is 312 g/mol. The molecule has 0 spiro atoms. The Morgan fingerprint density at radius 2 is 1.96 bits per heavy atom. The number of aliphatic hydroxyl groups excluding tert-OH is 1. The molecule has 24 heavy (non-hydrogen) atoms. The highest BCUT2D eigenvalue weighted by atomic mass is 16.3. The number of nitrogens with zero attached hydrogens (tertiary/aromatic N) is 2. The molecule has 0 radical (unpaired) electrons. The van der Waals surface area contributed by atoms with Crippen LogP contribution in [-0.2, 0) is 9.59 Å². The summed E-state index contributed by atoms with van der Waals surface area (Å²) in [6.07, 6.45) is 4.57. The van der Waals surface area contributed by atoms with Gasteiger partial charge >= 0.3 is 6.03 Å². The summed E-state index contributed by atoms with van der Waals surface area (Å²) in [6.45, 7) is 2.40. The maximum Gasteiger partial charge on any atom is 0.317 e. The summed E-state index contributed by atoms with van der Waals surface area (Å²) in [6, 6.07) is -1.50. The monoisotopic (exact) mass is 338 g/mol. The predicted molar refractivity (Wildman–Crippen MR) is 86.1 cm³/mol. The predicted octanol–water partition coefficient (Wildman–Crippen LogP) is -0.579. The van der Waals surface area contributed by atoms with Crippen molar-refractivity contribution in [3.8, 4) is 0 Å². The van der Waals surface area contributed by atoms with Crippen LogP contribution in [-0.4, -0.2) is 76.6 Å². The molecule has 3 N–H and O–H groups in total. The van der Waals surface area contributed by atoms with E-state index in [1.165, 1.54) is 18.2 Å². The average molecular weight is 338 g/mol. The van der Waals surface area contributed by atoms with Crippen molar-refractivity contribution in [3.63, 3.8) is 0 Å². The topological polar surface area (TPSA) is 102 Å². The van der Waals surface area contributed by atoms with E-state index in [1.54, 1.807) is 4.90 Å². The van der Waals surface area contributed by atoms with Crippen LogP contribution in [0, 0.1) is 0 Å². The van der Waals surface area contributed by atoms with Crippen molar-refractivity contribution in [2.24, 2.45) is 0 Å². The van der Waals surface area contributed by atoms with E-state index >= 15 is 0 Å². The molecule has 8 nitrogen and oxygen atoms in total. The molecule has 2 heterocycles. The fraction of sp³-hybridized carbons (Fsp3) is 0.812. The molecular formula is C16H26N4O4. The zero-order chi connectivity index (χ0) is 17.3. The summed E-state index contributed by atoms with van der Waals surface area (Å²) < 4.78 is 0. The van der Waals surface area contributed by atoms with Gasteiger partial charge in [-0.2, -0.15) is 0 Å². The average Bonchev–Trinajstić information content (AvgIpc) is 2.58. The Bertz CT molecular complexity index is 518. The first-order valence-corrected chi connectivity index (χ1v) is 8.81. The Kier molecular flexibility index (Phi) is 4.93. The Morgan fingerprint density at radius 1 is 1.25 bits per heavy atom. The molecule has 0 aromatic heterocycles. The quantitative estimate of drug-likeness (QED) is 0.627. The lowest BCUT2D eigenvalue weighted by Gasteiger charge is -2.45. The first kappa shape index (κ1) is 17.0. The van der Waals surface area contributed by atoms with Gasteiger partial charge in [0, 0.05) is 19.1 Å². The smallest absolute Gasteiger partial charge is 0.317 e. The molecule has 2 saturated heterocycles. The van der Waals surface area contributed by atoms with Crippen LogP contribution in [0.25, 0.3) is 0 Å². The van der Waals surface area contributed by atoms with Crippen molar-refractivity contribution >= 4 is 17.8 Å². The molecule has 3 fully saturated rings. The Balaban J connectivity index is 1.60. The zero-order valence-corrected chi connectivity index (χ0v) is 14.0. The van der Waals surface area contributed by atoms with Gasteiger partial charge in [0.25, 0.3) is 0 Å². The molecule has 2 aliphatic heterocycles. The molecule has 3 atom stereocenters. The highest BCUT2D eigenvalue weighted by Gasteiger charge is 2.45. The third-order valence-electron chi connectivity index (χ3n) is 5.23. The maximum atomic E-state index is 12.4. The number of rotatable bonds is 2. The van der Waals surface area contributed by atoms with Gasteiger partial charge in [0.2, 0.25) is 11.8 Å². The van der Waals surface area contributed by atoms with Gasteiger partial charge in [0.1, 0.15) is 12.1 Å². The number of amides is 4. The van der Waals surface area contributed by atoms with E-state index in [1.807, 2.05) is 0 Å². The summed E-state index contributed by atoms with van der Waals surface area (Å²) in [4.78, 5) is 40.2. The number of aliphatic hydroxyl groups is 1. The van der Waals surface area contributed by atoms with Crippen molar-refractivity contribution in [1.29, 1.82) is 0 Å². The number of hydrogen-bond acceptors (Lipinski definition) is 4. The van der Waals surface area contributed by atoms with Gasteiger partial charge in [0.15, 0.2) is 0 Å². The van der Waals surface area contributed by atoms with Crippen LogP contribution in [0.4, 0.5) is 4.79 Å². The lowest BCUT2D eigenvalue weighted by Crippen LogP contribution is -2.71.